The lowest BCUT2D eigenvalue weighted by molar-refractivity contribution is 0.100. The molecule has 1 fully saturated rings. The van der Waals surface area contributed by atoms with Crippen LogP contribution in [-0.4, -0.2) is 20.7 Å². The Bertz CT molecular complexity index is 693. The average molecular weight is 306 g/mol. The number of carbonyl (C=O) groups excluding carboxylic acids is 1. The number of nitrogens with zero attached hydrogens (tertiary/aromatic N) is 3. The van der Waals surface area contributed by atoms with Gasteiger partial charge in [0.05, 0.1) is 12.1 Å². The van der Waals surface area contributed by atoms with Crippen molar-refractivity contribution >= 4 is 23.2 Å². The second kappa shape index (κ2) is 5.37. The number of halogens is 1. The number of nitrogens with one attached hydrogen (secondary N) is 1. The third-order valence-electron chi connectivity index (χ3n) is 3.63. The molecule has 21 heavy (non-hydrogen) atoms. The molecular weight excluding hydrogens is 290 g/mol. The second-order valence-corrected chi connectivity index (χ2v) is 5.65. The summed E-state index contributed by atoms with van der Waals surface area (Å²) in [4.78, 5) is 11.4. The molecule has 1 aromatic heterocycles. The van der Waals surface area contributed by atoms with E-state index in [0.717, 1.165) is 11.6 Å². The quantitative estimate of drug-likeness (QED) is 0.885. The van der Waals surface area contributed by atoms with Crippen LogP contribution in [0.4, 0.5) is 5.69 Å². The summed E-state index contributed by atoms with van der Waals surface area (Å²) in [5, 5.41) is 12.1. The summed E-state index contributed by atoms with van der Waals surface area (Å²) in [7, 11) is 1.96. The zero-order valence-electron chi connectivity index (χ0n) is 11.6. The Morgan fingerprint density at radius 3 is 2.90 bits per heavy atom. The normalized spacial score (nSPS) is 14.2. The number of anilines is 1. The fourth-order valence-electron chi connectivity index (χ4n) is 2.28. The van der Waals surface area contributed by atoms with Gasteiger partial charge < -0.3 is 15.6 Å². The molecule has 1 aliphatic carbocycles. The van der Waals surface area contributed by atoms with Gasteiger partial charge in [-0.1, -0.05) is 11.6 Å². The third kappa shape index (κ3) is 2.85. The van der Waals surface area contributed by atoms with Crippen LogP contribution in [0.2, 0.25) is 5.02 Å². The molecule has 0 unspecified atom stereocenters. The van der Waals surface area contributed by atoms with Crippen molar-refractivity contribution in [2.45, 2.75) is 25.3 Å². The summed E-state index contributed by atoms with van der Waals surface area (Å²) < 4.78 is 2.00. The Labute approximate surface area is 127 Å². The van der Waals surface area contributed by atoms with E-state index in [9.17, 15) is 4.79 Å². The Hall–Kier alpha value is -2.08. The number of hydrogen-bond donors (Lipinski definition) is 2. The number of hydrogen-bond acceptors (Lipinski definition) is 4. The zero-order chi connectivity index (χ0) is 15.0. The van der Waals surface area contributed by atoms with Gasteiger partial charge in [0.15, 0.2) is 5.82 Å². The number of primary amides is 1. The molecule has 0 atom stereocenters. The number of carbonyl (C=O) groups is 1. The van der Waals surface area contributed by atoms with Crippen LogP contribution in [0.25, 0.3) is 0 Å². The molecule has 7 heteroatoms. The highest BCUT2D eigenvalue weighted by molar-refractivity contribution is 6.31. The summed E-state index contributed by atoms with van der Waals surface area (Å²) in [6.07, 6.45) is 2.37. The van der Waals surface area contributed by atoms with Crippen molar-refractivity contribution < 1.29 is 4.79 Å². The number of aromatic nitrogens is 3. The highest BCUT2D eigenvalue weighted by Gasteiger charge is 2.29. The maximum atomic E-state index is 11.4. The summed E-state index contributed by atoms with van der Waals surface area (Å²) in [5.41, 5.74) is 6.37. The highest BCUT2D eigenvalue weighted by Crippen LogP contribution is 2.38. The minimum absolute atomic E-state index is 0.368. The molecule has 0 aliphatic heterocycles. The van der Waals surface area contributed by atoms with Crippen LogP contribution in [0.3, 0.4) is 0 Å². The minimum Gasteiger partial charge on any atom is -0.377 e. The van der Waals surface area contributed by atoms with Crippen molar-refractivity contribution in [2.75, 3.05) is 5.32 Å². The number of benzene rings is 1. The minimum atomic E-state index is -0.517. The van der Waals surface area contributed by atoms with Gasteiger partial charge >= 0.3 is 0 Å². The lowest BCUT2D eigenvalue weighted by Crippen LogP contribution is -2.15. The van der Waals surface area contributed by atoms with Crippen LogP contribution >= 0.6 is 11.6 Å². The molecular formula is C14H16ClN5O. The monoisotopic (exact) mass is 305 g/mol. The van der Waals surface area contributed by atoms with E-state index in [1.165, 1.54) is 12.8 Å². The first-order valence-electron chi connectivity index (χ1n) is 6.77. The second-order valence-electron chi connectivity index (χ2n) is 5.22. The molecule has 1 aliphatic rings. The van der Waals surface area contributed by atoms with Gasteiger partial charge in [0, 0.05) is 23.7 Å². The van der Waals surface area contributed by atoms with Crippen LogP contribution in [0, 0.1) is 0 Å². The van der Waals surface area contributed by atoms with Crippen molar-refractivity contribution in [1.29, 1.82) is 0 Å². The van der Waals surface area contributed by atoms with E-state index in [0.29, 0.717) is 28.7 Å². The van der Waals surface area contributed by atoms with Crippen LogP contribution in [0.1, 0.15) is 40.8 Å². The molecule has 3 rings (SSSR count). The largest absolute Gasteiger partial charge is 0.377 e. The van der Waals surface area contributed by atoms with Gasteiger partial charge in [0.2, 0.25) is 0 Å². The van der Waals surface area contributed by atoms with Gasteiger partial charge in [-0.3, -0.25) is 4.79 Å². The Morgan fingerprint density at radius 2 is 2.24 bits per heavy atom. The Kier molecular flexibility index (Phi) is 3.55. The number of nitrogens with two attached hydrogens (primary N) is 1. The SMILES string of the molecule is Cn1c(CNc2ccc(Cl)cc2C(N)=O)nnc1C1CC1. The predicted octanol–water partition coefficient (Wildman–Crippen LogP) is 2.06. The molecule has 6 nitrogen and oxygen atoms in total. The number of amides is 1. The fraction of sp³-hybridized carbons (Fsp3) is 0.357. The lowest BCUT2D eigenvalue weighted by Gasteiger charge is -2.10. The highest BCUT2D eigenvalue weighted by atomic mass is 35.5. The Morgan fingerprint density at radius 1 is 1.48 bits per heavy atom. The lowest BCUT2D eigenvalue weighted by atomic mass is 10.1. The first-order chi connectivity index (χ1) is 10.1. The van der Waals surface area contributed by atoms with E-state index in [4.69, 9.17) is 17.3 Å². The molecule has 0 spiro atoms. The fourth-order valence-corrected chi connectivity index (χ4v) is 2.45. The van der Waals surface area contributed by atoms with Gasteiger partial charge in [0.1, 0.15) is 5.82 Å². The average Bonchev–Trinajstić information content (AvgIpc) is 3.22. The van der Waals surface area contributed by atoms with Crippen LogP contribution in [0.5, 0.6) is 0 Å². The first kappa shape index (κ1) is 13.9. The van der Waals surface area contributed by atoms with Crippen LogP contribution in [-0.2, 0) is 13.6 Å². The maximum Gasteiger partial charge on any atom is 0.250 e. The summed E-state index contributed by atoms with van der Waals surface area (Å²) in [6.45, 7) is 0.470. The van der Waals surface area contributed by atoms with E-state index in [2.05, 4.69) is 15.5 Å². The van der Waals surface area contributed by atoms with E-state index in [1.54, 1.807) is 18.2 Å². The molecule has 1 heterocycles. The van der Waals surface area contributed by atoms with Crippen molar-refractivity contribution in [3.63, 3.8) is 0 Å². The standard InChI is InChI=1S/C14H16ClN5O/c1-20-12(18-19-14(20)8-2-3-8)7-17-11-5-4-9(15)6-10(11)13(16)21/h4-6,8,17H,2-3,7H2,1H3,(H2,16,21). The first-order valence-corrected chi connectivity index (χ1v) is 7.15. The molecule has 0 saturated heterocycles. The number of rotatable bonds is 5. The maximum absolute atomic E-state index is 11.4. The van der Waals surface area contributed by atoms with Gasteiger partial charge in [0.25, 0.3) is 5.91 Å². The van der Waals surface area contributed by atoms with E-state index in [-0.39, 0.29) is 0 Å². The van der Waals surface area contributed by atoms with Crippen molar-refractivity contribution in [3.8, 4) is 0 Å². The summed E-state index contributed by atoms with van der Waals surface area (Å²) >= 11 is 5.89. The molecule has 1 aromatic carbocycles. The van der Waals surface area contributed by atoms with Gasteiger partial charge in [-0.2, -0.15) is 0 Å². The van der Waals surface area contributed by atoms with Gasteiger partial charge in [-0.15, -0.1) is 10.2 Å². The van der Waals surface area contributed by atoms with Gasteiger partial charge in [-0.05, 0) is 31.0 Å². The topological polar surface area (TPSA) is 85.8 Å². The summed E-state index contributed by atoms with van der Waals surface area (Å²) in [6, 6.07) is 5.00. The summed E-state index contributed by atoms with van der Waals surface area (Å²) in [5.74, 6) is 1.88. The van der Waals surface area contributed by atoms with E-state index < -0.39 is 5.91 Å². The van der Waals surface area contributed by atoms with Crippen molar-refractivity contribution in [3.05, 3.63) is 40.4 Å². The predicted molar refractivity (Wildman–Crippen MR) is 80.3 cm³/mol. The molecule has 0 bridgehead atoms. The van der Waals surface area contributed by atoms with Gasteiger partial charge in [-0.25, -0.2) is 0 Å². The third-order valence-corrected chi connectivity index (χ3v) is 3.86. The smallest absolute Gasteiger partial charge is 0.250 e. The molecule has 3 N–H and O–H groups in total. The van der Waals surface area contributed by atoms with Crippen LogP contribution in [0.15, 0.2) is 18.2 Å². The molecule has 2 aromatic rings. The molecule has 0 radical (unpaired) electrons. The van der Waals surface area contributed by atoms with Crippen molar-refractivity contribution in [2.24, 2.45) is 12.8 Å². The van der Waals surface area contributed by atoms with Crippen molar-refractivity contribution in [1.82, 2.24) is 14.8 Å². The zero-order valence-corrected chi connectivity index (χ0v) is 12.4. The molecule has 1 saturated carbocycles. The van der Waals surface area contributed by atoms with E-state index in [1.807, 2.05) is 11.6 Å². The van der Waals surface area contributed by atoms with E-state index >= 15 is 0 Å². The Balaban J connectivity index is 1.77. The molecule has 110 valence electrons. The molecule has 1 amide bonds. The van der Waals surface area contributed by atoms with Crippen LogP contribution < -0.4 is 11.1 Å².